The molecule has 25 heavy (non-hydrogen) atoms. The van der Waals surface area contributed by atoms with Crippen LogP contribution in [0.25, 0.3) is 0 Å². The summed E-state index contributed by atoms with van der Waals surface area (Å²) in [5, 5.41) is 23.9. The largest absolute Gasteiger partial charge is 0.474 e. The van der Waals surface area contributed by atoms with Gasteiger partial charge >= 0.3 is 7.82 Å². The predicted octanol–water partition coefficient (Wildman–Crippen LogP) is -0.806. The van der Waals surface area contributed by atoms with Crippen LogP contribution >= 0.6 is 7.82 Å². The Labute approximate surface area is 143 Å². The minimum Gasteiger partial charge on any atom is -0.387 e. The van der Waals surface area contributed by atoms with Crippen LogP contribution in [0.3, 0.4) is 0 Å². The Kier molecular flexibility index (Phi) is 6.63. The Hall–Kier alpha value is -1.40. The summed E-state index contributed by atoms with van der Waals surface area (Å²) in [4.78, 5) is 14.7. The van der Waals surface area contributed by atoms with Crippen molar-refractivity contribution in [1.82, 2.24) is 14.8 Å². The second-order valence-electron chi connectivity index (χ2n) is 5.04. The highest BCUT2D eigenvalue weighted by atomic mass is 31.2. The fourth-order valence-corrected chi connectivity index (χ4v) is 3.37. The number of rotatable bonds is 9. The van der Waals surface area contributed by atoms with Gasteiger partial charge in [0.15, 0.2) is 6.23 Å². The second kappa shape index (κ2) is 8.32. The fraction of sp³-hybridized carbons (Fsp3) is 0.750. The van der Waals surface area contributed by atoms with E-state index in [0.717, 1.165) is 11.0 Å². The summed E-state index contributed by atoms with van der Waals surface area (Å²) >= 11 is 0. The van der Waals surface area contributed by atoms with E-state index in [1.165, 1.54) is 0 Å². The molecule has 1 saturated heterocycles. The predicted molar refractivity (Wildman–Crippen MR) is 81.3 cm³/mol. The molecule has 0 bridgehead atoms. The Morgan fingerprint density at radius 2 is 1.96 bits per heavy atom. The number of aliphatic hydroxyl groups excluding tert-OH is 2. The van der Waals surface area contributed by atoms with E-state index < -0.39 is 38.3 Å². The fourth-order valence-electron chi connectivity index (χ4n) is 2.19. The average Bonchev–Trinajstić information content (AvgIpc) is 3.13. The quantitative estimate of drug-likeness (QED) is 0.461. The van der Waals surface area contributed by atoms with Gasteiger partial charge in [0.2, 0.25) is 5.82 Å². The molecule has 2 heterocycles. The highest BCUT2D eigenvalue weighted by Crippen LogP contribution is 2.49. The number of hydrogen-bond acceptors (Lipinski definition) is 10. The number of nitrogens with two attached hydrogens (primary N) is 1. The van der Waals surface area contributed by atoms with Crippen LogP contribution in [-0.2, 0) is 22.9 Å². The molecule has 0 saturated carbocycles. The standard InChI is InChI=1S/C12H21N4O8P/c1-3-21-25(20,22-4-2)23-5-7-8(17)9(18)12(24-7)16-6-14-11(15-16)10(13)19/h6-9,12,17-18H,3-5H2,1-2H3,(H2,13,19)/t7?,8-,9-,12?/m1/s1. The topological polar surface area (TPSA) is 168 Å². The Bertz CT molecular complexity index is 630. The maximum Gasteiger partial charge on any atom is 0.474 e. The van der Waals surface area contributed by atoms with Crippen LogP contribution < -0.4 is 5.73 Å². The molecule has 1 aromatic rings. The summed E-state index contributed by atoms with van der Waals surface area (Å²) < 4.78 is 33.8. The van der Waals surface area contributed by atoms with Crippen molar-refractivity contribution >= 4 is 13.7 Å². The van der Waals surface area contributed by atoms with Crippen LogP contribution in [0.2, 0.25) is 0 Å². The SMILES string of the molecule is CCOP(=O)(OCC)OCC1OC(n2cnc(C(N)=O)n2)[C@H](O)[C@@H]1O. The third-order valence-electron chi connectivity index (χ3n) is 3.30. The van der Waals surface area contributed by atoms with Crippen molar-refractivity contribution in [3.8, 4) is 0 Å². The smallest absolute Gasteiger partial charge is 0.387 e. The highest BCUT2D eigenvalue weighted by molar-refractivity contribution is 7.48. The number of phosphoric acid groups is 1. The van der Waals surface area contributed by atoms with Gasteiger partial charge < -0.3 is 20.7 Å². The molecule has 1 aliphatic rings. The number of carbonyl (C=O) groups excluding carboxylic acids is 1. The lowest BCUT2D eigenvalue weighted by atomic mass is 10.1. The number of primary amides is 1. The van der Waals surface area contributed by atoms with Crippen LogP contribution in [0.4, 0.5) is 0 Å². The third kappa shape index (κ3) is 4.61. The zero-order chi connectivity index (χ0) is 18.6. The average molecular weight is 380 g/mol. The molecule has 4 N–H and O–H groups in total. The summed E-state index contributed by atoms with van der Waals surface area (Å²) in [6, 6.07) is 0. The molecule has 0 aliphatic carbocycles. The maximum atomic E-state index is 12.2. The van der Waals surface area contributed by atoms with Crippen molar-refractivity contribution < 1.29 is 37.9 Å². The van der Waals surface area contributed by atoms with Gasteiger partial charge in [-0.2, -0.15) is 0 Å². The van der Waals surface area contributed by atoms with E-state index in [0.29, 0.717) is 0 Å². The van der Waals surface area contributed by atoms with E-state index in [-0.39, 0.29) is 25.6 Å². The lowest BCUT2D eigenvalue weighted by molar-refractivity contribution is -0.0597. The zero-order valence-corrected chi connectivity index (χ0v) is 14.6. The first-order valence-corrected chi connectivity index (χ1v) is 9.03. The van der Waals surface area contributed by atoms with Crippen molar-refractivity contribution in [2.75, 3.05) is 19.8 Å². The molecule has 12 nitrogen and oxygen atoms in total. The summed E-state index contributed by atoms with van der Waals surface area (Å²) in [5.41, 5.74) is 5.06. The number of aromatic nitrogens is 3. The number of amides is 1. The lowest BCUT2D eigenvalue weighted by Crippen LogP contribution is -2.33. The van der Waals surface area contributed by atoms with Crippen molar-refractivity contribution in [3.63, 3.8) is 0 Å². The van der Waals surface area contributed by atoms with Gasteiger partial charge in [-0.1, -0.05) is 0 Å². The molecule has 1 aliphatic heterocycles. The lowest BCUT2D eigenvalue weighted by Gasteiger charge is -2.20. The molecular weight excluding hydrogens is 359 g/mol. The van der Waals surface area contributed by atoms with Gasteiger partial charge in [-0.3, -0.25) is 18.4 Å². The summed E-state index contributed by atoms with van der Waals surface area (Å²) in [6.07, 6.45) is -3.76. The monoisotopic (exact) mass is 380 g/mol. The zero-order valence-electron chi connectivity index (χ0n) is 13.7. The number of phosphoric ester groups is 1. The molecule has 4 atom stereocenters. The van der Waals surface area contributed by atoms with E-state index in [1.807, 2.05) is 0 Å². The number of carbonyl (C=O) groups is 1. The minimum atomic E-state index is -3.79. The van der Waals surface area contributed by atoms with Crippen LogP contribution in [0, 0.1) is 0 Å². The second-order valence-corrected chi connectivity index (χ2v) is 6.71. The molecule has 2 rings (SSSR count). The maximum absolute atomic E-state index is 12.2. The van der Waals surface area contributed by atoms with Gasteiger partial charge in [-0.25, -0.2) is 14.2 Å². The molecule has 142 valence electrons. The van der Waals surface area contributed by atoms with Crippen molar-refractivity contribution in [2.24, 2.45) is 5.73 Å². The molecule has 0 aromatic carbocycles. The molecule has 1 amide bonds. The number of nitrogens with zero attached hydrogens (tertiary/aromatic N) is 3. The Morgan fingerprint density at radius 3 is 2.48 bits per heavy atom. The normalized spacial score (nSPS) is 26.9. The Balaban J connectivity index is 2.03. The van der Waals surface area contributed by atoms with Crippen LogP contribution in [0.15, 0.2) is 6.33 Å². The first-order chi connectivity index (χ1) is 11.8. The number of hydrogen-bond donors (Lipinski definition) is 3. The van der Waals surface area contributed by atoms with Gasteiger partial charge in [0.25, 0.3) is 5.91 Å². The van der Waals surface area contributed by atoms with Gasteiger partial charge in [-0.15, -0.1) is 5.10 Å². The van der Waals surface area contributed by atoms with E-state index >= 15 is 0 Å². The van der Waals surface area contributed by atoms with E-state index in [2.05, 4.69) is 10.1 Å². The van der Waals surface area contributed by atoms with Crippen molar-refractivity contribution in [3.05, 3.63) is 12.2 Å². The van der Waals surface area contributed by atoms with Gasteiger partial charge in [0, 0.05) is 0 Å². The highest BCUT2D eigenvalue weighted by Gasteiger charge is 2.45. The molecule has 2 unspecified atom stereocenters. The molecular formula is C12H21N4O8P. The minimum absolute atomic E-state index is 0.103. The van der Waals surface area contributed by atoms with Crippen LogP contribution in [0.5, 0.6) is 0 Å². The first kappa shape index (κ1) is 19.9. The molecule has 0 spiro atoms. The van der Waals surface area contributed by atoms with E-state index in [4.69, 9.17) is 24.0 Å². The molecule has 0 radical (unpaired) electrons. The van der Waals surface area contributed by atoms with Crippen molar-refractivity contribution in [1.29, 1.82) is 0 Å². The Morgan fingerprint density at radius 1 is 1.32 bits per heavy atom. The van der Waals surface area contributed by atoms with Crippen molar-refractivity contribution in [2.45, 2.75) is 38.4 Å². The summed E-state index contributed by atoms with van der Waals surface area (Å²) in [5.74, 6) is -1.11. The van der Waals surface area contributed by atoms with Gasteiger partial charge in [0.05, 0.1) is 19.8 Å². The number of aliphatic hydroxyl groups is 2. The third-order valence-corrected chi connectivity index (χ3v) is 4.91. The molecule has 1 aromatic heterocycles. The van der Waals surface area contributed by atoms with Gasteiger partial charge in [-0.05, 0) is 13.8 Å². The van der Waals surface area contributed by atoms with Gasteiger partial charge in [0.1, 0.15) is 24.6 Å². The molecule has 13 heteroatoms. The first-order valence-electron chi connectivity index (χ1n) is 7.57. The summed E-state index contributed by atoms with van der Waals surface area (Å²) in [6.45, 7) is 3.09. The van der Waals surface area contributed by atoms with E-state index in [9.17, 15) is 19.6 Å². The van der Waals surface area contributed by atoms with Crippen LogP contribution in [-0.4, -0.2) is 69.0 Å². The molecule has 1 fully saturated rings. The van der Waals surface area contributed by atoms with E-state index in [1.54, 1.807) is 13.8 Å². The summed E-state index contributed by atoms with van der Waals surface area (Å²) in [7, 11) is -3.79. The number of ether oxygens (including phenoxy) is 1. The van der Waals surface area contributed by atoms with Crippen LogP contribution in [0.1, 0.15) is 30.7 Å².